The molecule has 78 valence electrons. The summed E-state index contributed by atoms with van der Waals surface area (Å²) in [5.74, 6) is 2.44. The molecular formula is C11H24N2. The molecule has 0 bridgehead atoms. The van der Waals surface area contributed by atoms with Gasteiger partial charge in [-0.05, 0) is 37.6 Å². The molecule has 0 amide bonds. The summed E-state index contributed by atoms with van der Waals surface area (Å²) in [7, 11) is 0. The first-order valence-electron chi connectivity index (χ1n) is 5.44. The zero-order chi connectivity index (χ0) is 10.1. The Kier molecular flexibility index (Phi) is 3.36. The van der Waals surface area contributed by atoms with Crippen molar-refractivity contribution in [2.75, 3.05) is 13.1 Å². The zero-order valence-electron chi connectivity index (χ0n) is 9.43. The number of hydrogen-bond donors (Lipinski definition) is 2. The molecule has 0 spiro atoms. The van der Waals surface area contributed by atoms with Gasteiger partial charge in [-0.15, -0.1) is 0 Å². The second-order valence-corrected chi connectivity index (χ2v) is 5.13. The van der Waals surface area contributed by atoms with Crippen LogP contribution in [0.15, 0.2) is 0 Å². The first-order chi connectivity index (χ1) is 5.99. The Morgan fingerprint density at radius 3 is 2.38 bits per heavy atom. The lowest BCUT2D eigenvalue weighted by Gasteiger charge is -2.34. The maximum atomic E-state index is 5.79. The van der Waals surface area contributed by atoms with E-state index in [-0.39, 0.29) is 5.54 Å². The van der Waals surface area contributed by atoms with E-state index < -0.39 is 0 Å². The van der Waals surface area contributed by atoms with Gasteiger partial charge in [0, 0.05) is 12.1 Å². The van der Waals surface area contributed by atoms with Gasteiger partial charge in [0.25, 0.3) is 0 Å². The molecule has 2 heteroatoms. The van der Waals surface area contributed by atoms with Gasteiger partial charge in [-0.3, -0.25) is 0 Å². The summed E-state index contributed by atoms with van der Waals surface area (Å²) in [6.45, 7) is 10.9. The van der Waals surface area contributed by atoms with Crippen molar-refractivity contribution in [1.82, 2.24) is 5.32 Å². The molecule has 1 fully saturated rings. The Morgan fingerprint density at radius 2 is 2.08 bits per heavy atom. The standard InChI is InChI=1S/C11H24N2/c1-8(2)11(4,7-12)13-6-10-5-9(10)3/h8-10,13H,5-7,12H2,1-4H3. The maximum Gasteiger partial charge on any atom is 0.0298 e. The molecule has 0 aromatic carbocycles. The Labute approximate surface area is 82.3 Å². The second-order valence-electron chi connectivity index (χ2n) is 5.13. The number of nitrogens with two attached hydrogens (primary N) is 1. The summed E-state index contributed by atoms with van der Waals surface area (Å²) in [5.41, 5.74) is 5.91. The van der Waals surface area contributed by atoms with Gasteiger partial charge in [-0.2, -0.15) is 0 Å². The predicted molar refractivity (Wildman–Crippen MR) is 57.6 cm³/mol. The molecule has 1 aliphatic carbocycles. The molecule has 1 rings (SSSR count). The van der Waals surface area contributed by atoms with Crippen molar-refractivity contribution >= 4 is 0 Å². The molecule has 0 aromatic heterocycles. The highest BCUT2D eigenvalue weighted by Gasteiger charge is 2.35. The van der Waals surface area contributed by atoms with E-state index in [0.717, 1.165) is 24.9 Å². The van der Waals surface area contributed by atoms with E-state index in [1.165, 1.54) is 6.42 Å². The second kappa shape index (κ2) is 3.97. The van der Waals surface area contributed by atoms with E-state index >= 15 is 0 Å². The Hall–Kier alpha value is -0.0800. The van der Waals surface area contributed by atoms with Gasteiger partial charge in [0.1, 0.15) is 0 Å². The summed E-state index contributed by atoms with van der Waals surface area (Å²) in [4.78, 5) is 0. The lowest BCUT2D eigenvalue weighted by atomic mass is 9.88. The summed E-state index contributed by atoms with van der Waals surface area (Å²) in [6, 6.07) is 0. The fraction of sp³-hybridized carbons (Fsp3) is 1.00. The lowest BCUT2D eigenvalue weighted by Crippen LogP contribution is -2.53. The quantitative estimate of drug-likeness (QED) is 0.681. The van der Waals surface area contributed by atoms with Crippen LogP contribution in [0.3, 0.4) is 0 Å². The highest BCUT2D eigenvalue weighted by molar-refractivity contribution is 4.92. The van der Waals surface area contributed by atoms with Gasteiger partial charge in [-0.1, -0.05) is 20.8 Å². The molecule has 3 atom stereocenters. The fourth-order valence-corrected chi connectivity index (χ4v) is 1.56. The van der Waals surface area contributed by atoms with Crippen LogP contribution in [0.1, 0.15) is 34.1 Å². The van der Waals surface area contributed by atoms with E-state index in [1.807, 2.05) is 0 Å². The molecule has 1 aliphatic rings. The van der Waals surface area contributed by atoms with Crippen LogP contribution in [0.25, 0.3) is 0 Å². The van der Waals surface area contributed by atoms with Crippen molar-refractivity contribution in [3.63, 3.8) is 0 Å². The summed E-state index contributed by atoms with van der Waals surface area (Å²) in [5, 5.41) is 3.61. The minimum Gasteiger partial charge on any atom is -0.329 e. The van der Waals surface area contributed by atoms with Crippen molar-refractivity contribution in [1.29, 1.82) is 0 Å². The van der Waals surface area contributed by atoms with Crippen LogP contribution in [0.5, 0.6) is 0 Å². The zero-order valence-corrected chi connectivity index (χ0v) is 9.43. The minimum atomic E-state index is 0.127. The SMILES string of the molecule is CC1CC1CNC(C)(CN)C(C)C. The number of hydrogen-bond acceptors (Lipinski definition) is 2. The molecule has 3 unspecified atom stereocenters. The highest BCUT2D eigenvalue weighted by atomic mass is 15.0. The molecule has 0 heterocycles. The fourth-order valence-electron chi connectivity index (χ4n) is 1.56. The van der Waals surface area contributed by atoms with Crippen molar-refractivity contribution in [2.45, 2.75) is 39.7 Å². The molecule has 1 saturated carbocycles. The van der Waals surface area contributed by atoms with Crippen molar-refractivity contribution < 1.29 is 0 Å². The number of rotatable bonds is 5. The smallest absolute Gasteiger partial charge is 0.0298 e. The average molecular weight is 184 g/mol. The predicted octanol–water partition coefficient (Wildman–Crippen LogP) is 1.61. The average Bonchev–Trinajstić information content (AvgIpc) is 2.77. The third kappa shape index (κ3) is 2.68. The minimum absolute atomic E-state index is 0.127. The van der Waals surface area contributed by atoms with E-state index in [1.54, 1.807) is 0 Å². The van der Waals surface area contributed by atoms with Crippen molar-refractivity contribution in [2.24, 2.45) is 23.5 Å². The molecule has 2 nitrogen and oxygen atoms in total. The van der Waals surface area contributed by atoms with Gasteiger partial charge >= 0.3 is 0 Å². The Morgan fingerprint density at radius 1 is 1.54 bits per heavy atom. The largest absolute Gasteiger partial charge is 0.329 e. The first-order valence-corrected chi connectivity index (χ1v) is 5.44. The van der Waals surface area contributed by atoms with Gasteiger partial charge in [0.05, 0.1) is 0 Å². The Bertz CT molecular complexity index is 167. The molecule has 0 saturated heterocycles. The van der Waals surface area contributed by atoms with Crippen molar-refractivity contribution in [3.05, 3.63) is 0 Å². The molecule has 0 aliphatic heterocycles. The molecular weight excluding hydrogens is 160 g/mol. The third-order valence-electron chi connectivity index (χ3n) is 3.74. The van der Waals surface area contributed by atoms with E-state index in [2.05, 4.69) is 33.0 Å². The lowest BCUT2D eigenvalue weighted by molar-refractivity contribution is 0.264. The molecule has 0 aromatic rings. The Balaban J connectivity index is 2.30. The van der Waals surface area contributed by atoms with Gasteiger partial charge in [0.2, 0.25) is 0 Å². The van der Waals surface area contributed by atoms with Crippen LogP contribution in [0.4, 0.5) is 0 Å². The monoisotopic (exact) mass is 184 g/mol. The van der Waals surface area contributed by atoms with Gasteiger partial charge in [-0.25, -0.2) is 0 Å². The van der Waals surface area contributed by atoms with Crippen LogP contribution in [0.2, 0.25) is 0 Å². The van der Waals surface area contributed by atoms with E-state index in [0.29, 0.717) is 5.92 Å². The molecule has 13 heavy (non-hydrogen) atoms. The maximum absolute atomic E-state index is 5.79. The summed E-state index contributed by atoms with van der Waals surface area (Å²) < 4.78 is 0. The van der Waals surface area contributed by atoms with Gasteiger partial charge in [0.15, 0.2) is 0 Å². The van der Waals surface area contributed by atoms with Crippen LogP contribution in [0, 0.1) is 17.8 Å². The molecule has 3 N–H and O–H groups in total. The van der Waals surface area contributed by atoms with E-state index in [9.17, 15) is 0 Å². The summed E-state index contributed by atoms with van der Waals surface area (Å²) in [6.07, 6.45) is 1.39. The first kappa shape index (κ1) is 11.0. The van der Waals surface area contributed by atoms with Crippen LogP contribution in [-0.2, 0) is 0 Å². The molecule has 0 radical (unpaired) electrons. The van der Waals surface area contributed by atoms with Crippen molar-refractivity contribution in [3.8, 4) is 0 Å². The van der Waals surface area contributed by atoms with Crippen LogP contribution >= 0.6 is 0 Å². The van der Waals surface area contributed by atoms with Crippen LogP contribution < -0.4 is 11.1 Å². The van der Waals surface area contributed by atoms with Gasteiger partial charge < -0.3 is 11.1 Å². The van der Waals surface area contributed by atoms with E-state index in [4.69, 9.17) is 5.73 Å². The highest BCUT2D eigenvalue weighted by Crippen LogP contribution is 2.37. The normalized spacial score (nSPS) is 31.8. The number of nitrogens with one attached hydrogen (secondary N) is 1. The third-order valence-corrected chi connectivity index (χ3v) is 3.74. The summed E-state index contributed by atoms with van der Waals surface area (Å²) >= 11 is 0. The topological polar surface area (TPSA) is 38.0 Å². The van der Waals surface area contributed by atoms with Crippen LogP contribution in [-0.4, -0.2) is 18.6 Å².